The molecule has 0 aliphatic rings. The highest BCUT2D eigenvalue weighted by molar-refractivity contribution is 7.99. The van der Waals surface area contributed by atoms with Gasteiger partial charge in [0.05, 0.1) is 6.54 Å². The van der Waals surface area contributed by atoms with E-state index in [9.17, 15) is 4.79 Å². The molecule has 3 nitrogen and oxygen atoms in total. The highest BCUT2D eigenvalue weighted by atomic mass is 32.2. The number of aryl methyl sites for hydroxylation is 1. The van der Waals surface area contributed by atoms with E-state index in [2.05, 4.69) is 5.10 Å². The van der Waals surface area contributed by atoms with Crippen LogP contribution in [0.5, 0.6) is 0 Å². The average molecular weight is 232 g/mol. The predicted molar refractivity (Wildman–Crippen MR) is 64.8 cm³/mol. The Hall–Kier alpha value is -1.55. The Morgan fingerprint density at radius 3 is 2.75 bits per heavy atom. The van der Waals surface area contributed by atoms with Crippen LogP contribution in [0.15, 0.2) is 47.6 Å². The van der Waals surface area contributed by atoms with E-state index in [1.807, 2.05) is 41.2 Å². The molecular weight excluding hydrogens is 220 g/mol. The number of benzene rings is 1. The third kappa shape index (κ3) is 2.97. The van der Waals surface area contributed by atoms with Gasteiger partial charge in [-0.25, -0.2) is 0 Å². The number of nitrogens with zero attached hydrogens (tertiary/aromatic N) is 2. The molecule has 0 atom stereocenters. The van der Waals surface area contributed by atoms with Gasteiger partial charge in [-0.1, -0.05) is 12.1 Å². The first kappa shape index (κ1) is 11.0. The number of aromatic nitrogens is 2. The molecule has 0 amide bonds. The predicted octanol–water partition coefficient (Wildman–Crippen LogP) is 2.49. The smallest absolute Gasteiger partial charge is 0.150 e. The summed E-state index contributed by atoms with van der Waals surface area (Å²) in [4.78, 5) is 11.6. The number of hydrogen-bond donors (Lipinski definition) is 0. The number of carbonyl (C=O) groups excluding carboxylic acids is 1. The second kappa shape index (κ2) is 5.51. The van der Waals surface area contributed by atoms with Crippen molar-refractivity contribution in [3.8, 4) is 0 Å². The van der Waals surface area contributed by atoms with Crippen LogP contribution in [0.2, 0.25) is 0 Å². The molecule has 1 aromatic heterocycles. The maximum Gasteiger partial charge on any atom is 0.150 e. The maximum absolute atomic E-state index is 10.5. The van der Waals surface area contributed by atoms with Gasteiger partial charge in [-0.05, 0) is 18.2 Å². The third-order valence-electron chi connectivity index (χ3n) is 2.16. The van der Waals surface area contributed by atoms with E-state index >= 15 is 0 Å². The summed E-state index contributed by atoms with van der Waals surface area (Å²) >= 11 is 1.76. The minimum Gasteiger partial charge on any atom is -0.298 e. The summed E-state index contributed by atoms with van der Waals surface area (Å²) in [5.74, 6) is 0.974. The van der Waals surface area contributed by atoms with Crippen LogP contribution in [0.25, 0.3) is 0 Å². The highest BCUT2D eigenvalue weighted by Crippen LogP contribution is 2.18. The molecule has 0 bridgehead atoms. The minimum absolute atomic E-state index is 0.719. The molecule has 0 N–H and O–H groups in total. The van der Waals surface area contributed by atoms with E-state index in [-0.39, 0.29) is 0 Å². The van der Waals surface area contributed by atoms with Crippen LogP contribution in [0.4, 0.5) is 0 Å². The van der Waals surface area contributed by atoms with Crippen molar-refractivity contribution in [3.63, 3.8) is 0 Å². The van der Waals surface area contributed by atoms with Gasteiger partial charge in [-0.2, -0.15) is 5.10 Å². The van der Waals surface area contributed by atoms with E-state index in [0.29, 0.717) is 0 Å². The van der Waals surface area contributed by atoms with Crippen LogP contribution >= 0.6 is 11.8 Å². The average Bonchev–Trinajstić information content (AvgIpc) is 2.83. The molecule has 82 valence electrons. The summed E-state index contributed by atoms with van der Waals surface area (Å²) in [6, 6.07) is 9.53. The molecule has 0 aliphatic heterocycles. The van der Waals surface area contributed by atoms with Crippen molar-refractivity contribution in [1.82, 2.24) is 9.78 Å². The fraction of sp³-hybridized carbons (Fsp3) is 0.167. The number of aldehydes is 1. The third-order valence-corrected chi connectivity index (χ3v) is 3.16. The van der Waals surface area contributed by atoms with Crippen LogP contribution in [0.1, 0.15) is 10.4 Å². The number of thioether (sulfide) groups is 1. The van der Waals surface area contributed by atoms with Crippen LogP contribution in [-0.4, -0.2) is 21.8 Å². The van der Waals surface area contributed by atoms with Gasteiger partial charge in [-0.15, -0.1) is 11.8 Å². The minimum atomic E-state index is 0.719. The lowest BCUT2D eigenvalue weighted by Gasteiger charge is -2.02. The zero-order valence-electron chi connectivity index (χ0n) is 8.74. The van der Waals surface area contributed by atoms with E-state index in [1.165, 1.54) is 4.90 Å². The van der Waals surface area contributed by atoms with Crippen molar-refractivity contribution in [2.75, 3.05) is 5.75 Å². The van der Waals surface area contributed by atoms with Crippen molar-refractivity contribution in [2.24, 2.45) is 0 Å². The van der Waals surface area contributed by atoms with Crippen LogP contribution in [0.3, 0.4) is 0 Å². The molecule has 4 heteroatoms. The van der Waals surface area contributed by atoms with Crippen molar-refractivity contribution in [2.45, 2.75) is 11.4 Å². The zero-order chi connectivity index (χ0) is 11.2. The maximum atomic E-state index is 10.5. The molecule has 0 saturated carbocycles. The van der Waals surface area contributed by atoms with E-state index in [1.54, 1.807) is 18.0 Å². The van der Waals surface area contributed by atoms with Crippen molar-refractivity contribution in [1.29, 1.82) is 0 Å². The van der Waals surface area contributed by atoms with E-state index < -0.39 is 0 Å². The normalized spacial score (nSPS) is 10.2. The van der Waals surface area contributed by atoms with Gasteiger partial charge in [-0.3, -0.25) is 9.48 Å². The molecule has 0 spiro atoms. The number of rotatable bonds is 5. The van der Waals surface area contributed by atoms with Gasteiger partial charge in [0.15, 0.2) is 0 Å². The largest absolute Gasteiger partial charge is 0.298 e. The molecule has 1 heterocycles. The Bertz CT molecular complexity index is 437. The molecule has 0 fully saturated rings. The molecule has 0 saturated heterocycles. The SMILES string of the molecule is O=Cc1ccc(SCCn2cccn2)cc1. The molecule has 0 radical (unpaired) electrons. The fourth-order valence-electron chi connectivity index (χ4n) is 1.33. The second-order valence-corrected chi connectivity index (χ2v) is 4.47. The summed E-state index contributed by atoms with van der Waals surface area (Å²) in [5, 5.41) is 4.13. The molecule has 0 aliphatic carbocycles. The van der Waals surface area contributed by atoms with Crippen molar-refractivity contribution >= 4 is 18.0 Å². The zero-order valence-corrected chi connectivity index (χ0v) is 9.56. The standard InChI is InChI=1S/C12H12N2OS/c15-10-11-2-4-12(5-3-11)16-9-8-14-7-1-6-13-14/h1-7,10H,8-9H2. The molecule has 0 unspecified atom stereocenters. The molecular formula is C12H12N2OS. The van der Waals surface area contributed by atoms with Gasteiger partial charge in [0.2, 0.25) is 0 Å². The second-order valence-electron chi connectivity index (χ2n) is 3.30. The molecule has 1 aromatic carbocycles. The van der Waals surface area contributed by atoms with Crippen LogP contribution < -0.4 is 0 Å². The lowest BCUT2D eigenvalue weighted by Crippen LogP contribution is -2.00. The summed E-state index contributed by atoms with van der Waals surface area (Å²) < 4.78 is 1.91. The Morgan fingerprint density at radius 1 is 1.31 bits per heavy atom. The first-order valence-electron chi connectivity index (χ1n) is 5.04. The monoisotopic (exact) mass is 232 g/mol. The first-order chi connectivity index (χ1) is 7.88. The molecule has 16 heavy (non-hydrogen) atoms. The van der Waals surface area contributed by atoms with Gasteiger partial charge in [0.25, 0.3) is 0 Å². The topological polar surface area (TPSA) is 34.9 Å². The summed E-state index contributed by atoms with van der Waals surface area (Å²) in [5.41, 5.74) is 0.719. The molecule has 2 rings (SSSR count). The summed E-state index contributed by atoms with van der Waals surface area (Å²) in [7, 11) is 0. The number of carbonyl (C=O) groups is 1. The quantitative estimate of drug-likeness (QED) is 0.587. The Kier molecular flexibility index (Phi) is 3.77. The lowest BCUT2D eigenvalue weighted by atomic mass is 10.2. The van der Waals surface area contributed by atoms with Crippen LogP contribution in [0, 0.1) is 0 Å². The van der Waals surface area contributed by atoms with Crippen molar-refractivity contribution < 1.29 is 4.79 Å². The number of hydrogen-bond acceptors (Lipinski definition) is 3. The van der Waals surface area contributed by atoms with Gasteiger partial charge in [0.1, 0.15) is 6.29 Å². The Labute approximate surface area is 98.5 Å². The van der Waals surface area contributed by atoms with Gasteiger partial charge < -0.3 is 0 Å². The lowest BCUT2D eigenvalue weighted by molar-refractivity contribution is 0.112. The Balaban J connectivity index is 1.83. The van der Waals surface area contributed by atoms with E-state index in [0.717, 1.165) is 24.1 Å². The van der Waals surface area contributed by atoms with Gasteiger partial charge in [0, 0.05) is 28.6 Å². The van der Waals surface area contributed by atoms with Gasteiger partial charge >= 0.3 is 0 Å². The van der Waals surface area contributed by atoms with Crippen LogP contribution in [-0.2, 0) is 6.54 Å². The molecule has 2 aromatic rings. The van der Waals surface area contributed by atoms with E-state index in [4.69, 9.17) is 0 Å². The Morgan fingerprint density at radius 2 is 2.12 bits per heavy atom. The summed E-state index contributed by atoms with van der Waals surface area (Å²) in [6.45, 7) is 0.896. The highest BCUT2D eigenvalue weighted by Gasteiger charge is 1.95. The van der Waals surface area contributed by atoms with Crippen molar-refractivity contribution in [3.05, 3.63) is 48.3 Å². The fourth-order valence-corrected chi connectivity index (χ4v) is 2.17. The summed E-state index contributed by atoms with van der Waals surface area (Å²) in [6.07, 6.45) is 4.60. The first-order valence-corrected chi connectivity index (χ1v) is 6.02.